The summed E-state index contributed by atoms with van der Waals surface area (Å²) in [5.74, 6) is -2.77. The Hall–Kier alpha value is -1.43. The first kappa shape index (κ1) is 10.6. The number of carbonyl (C=O) groups is 3. The first-order chi connectivity index (χ1) is 6.61. The number of piperidine rings is 1. The van der Waals surface area contributed by atoms with E-state index in [0.29, 0.717) is 12.8 Å². The van der Waals surface area contributed by atoms with Gasteiger partial charge in [0, 0.05) is 5.92 Å². The van der Waals surface area contributed by atoms with Crippen molar-refractivity contribution in [2.24, 2.45) is 11.7 Å². The number of nitrogens with two attached hydrogens (primary N) is 1. The zero-order valence-electron chi connectivity index (χ0n) is 7.71. The Bertz CT molecular complexity index is 259. The van der Waals surface area contributed by atoms with Gasteiger partial charge in [-0.15, -0.1) is 0 Å². The fraction of sp³-hybridized carbons (Fsp3) is 0.625. The van der Waals surface area contributed by atoms with Crippen LogP contribution in [0.4, 0.5) is 0 Å². The first-order valence-electron chi connectivity index (χ1n) is 4.46. The van der Waals surface area contributed by atoms with Crippen LogP contribution < -0.4 is 16.4 Å². The zero-order valence-corrected chi connectivity index (χ0v) is 7.71. The normalized spacial score (nSPS) is 17.4. The number of hydrogen-bond acceptors (Lipinski definition) is 4. The molecule has 1 aliphatic heterocycles. The van der Waals surface area contributed by atoms with E-state index < -0.39 is 17.7 Å². The van der Waals surface area contributed by atoms with Crippen LogP contribution in [0.1, 0.15) is 12.8 Å². The highest BCUT2D eigenvalue weighted by molar-refractivity contribution is 6.37. The summed E-state index contributed by atoms with van der Waals surface area (Å²) in [5, 5.41) is 5.06. The summed E-state index contributed by atoms with van der Waals surface area (Å²) in [5.41, 5.74) is 4.70. The monoisotopic (exact) mass is 199 g/mol. The van der Waals surface area contributed by atoms with Crippen LogP contribution in [0.5, 0.6) is 0 Å². The van der Waals surface area contributed by atoms with E-state index >= 15 is 0 Å². The van der Waals surface area contributed by atoms with Crippen LogP contribution in [0.15, 0.2) is 0 Å². The number of rotatable bonds is 1. The summed E-state index contributed by atoms with van der Waals surface area (Å²) < 4.78 is 0. The predicted molar refractivity (Wildman–Crippen MR) is 47.9 cm³/mol. The molecule has 0 atom stereocenters. The molecule has 14 heavy (non-hydrogen) atoms. The zero-order chi connectivity index (χ0) is 10.6. The van der Waals surface area contributed by atoms with Gasteiger partial charge < -0.3 is 11.1 Å². The molecule has 1 rings (SSSR count). The number of nitrogens with one attached hydrogen (secondary N) is 2. The van der Waals surface area contributed by atoms with Gasteiger partial charge in [0.2, 0.25) is 5.91 Å². The molecule has 3 amide bonds. The smallest absolute Gasteiger partial charge is 0.315 e. The second-order valence-electron chi connectivity index (χ2n) is 3.21. The lowest BCUT2D eigenvalue weighted by atomic mass is 9.97. The summed E-state index contributed by atoms with van der Waals surface area (Å²) in [7, 11) is 0. The topological polar surface area (TPSA) is 101 Å². The molecular weight excluding hydrogens is 186 g/mol. The Kier molecular flexibility index (Phi) is 3.58. The largest absolute Gasteiger partial charge is 0.361 e. The van der Waals surface area contributed by atoms with Crippen LogP contribution in [0.3, 0.4) is 0 Å². The molecule has 0 radical (unpaired) electrons. The predicted octanol–water partition coefficient (Wildman–Crippen LogP) is -1.89. The van der Waals surface area contributed by atoms with Crippen molar-refractivity contribution < 1.29 is 14.4 Å². The molecule has 6 heteroatoms. The van der Waals surface area contributed by atoms with Crippen molar-refractivity contribution in [3.63, 3.8) is 0 Å². The third-order valence-electron chi connectivity index (χ3n) is 2.17. The maximum Gasteiger partial charge on any atom is 0.315 e. The number of primary amides is 1. The minimum atomic E-state index is -1.13. The molecule has 0 saturated carbocycles. The molecule has 1 heterocycles. The molecule has 1 saturated heterocycles. The van der Waals surface area contributed by atoms with Gasteiger partial charge in [-0.1, -0.05) is 0 Å². The molecule has 0 spiro atoms. The summed E-state index contributed by atoms with van der Waals surface area (Å²) >= 11 is 0. The second kappa shape index (κ2) is 4.71. The van der Waals surface area contributed by atoms with Gasteiger partial charge in [-0.05, 0) is 25.9 Å². The molecule has 1 aliphatic rings. The van der Waals surface area contributed by atoms with Crippen LogP contribution in [0.25, 0.3) is 0 Å². The van der Waals surface area contributed by atoms with Crippen LogP contribution in [-0.4, -0.2) is 30.8 Å². The van der Waals surface area contributed by atoms with Crippen LogP contribution in [-0.2, 0) is 14.4 Å². The van der Waals surface area contributed by atoms with Crippen LogP contribution in [0, 0.1) is 5.92 Å². The number of carbonyl (C=O) groups excluding carboxylic acids is 3. The number of amides is 3. The second-order valence-corrected chi connectivity index (χ2v) is 3.21. The quantitative estimate of drug-likeness (QED) is 0.430. The molecule has 0 bridgehead atoms. The lowest BCUT2D eigenvalue weighted by Crippen LogP contribution is -2.45. The summed E-state index contributed by atoms with van der Waals surface area (Å²) in [6, 6.07) is 0. The summed E-state index contributed by atoms with van der Waals surface area (Å²) in [4.78, 5) is 32.5. The standard InChI is InChI=1S/C8H13N3O3/c9-6(12)8(14)11-7(13)5-1-3-10-4-2-5/h5,10H,1-4H2,(H2,9,12)(H,11,13,14). The van der Waals surface area contributed by atoms with Crippen molar-refractivity contribution in [3.8, 4) is 0 Å². The molecule has 0 aliphatic carbocycles. The Labute approximate surface area is 81.2 Å². The average Bonchev–Trinajstić information content (AvgIpc) is 2.19. The van der Waals surface area contributed by atoms with Gasteiger partial charge in [-0.2, -0.15) is 0 Å². The Morgan fingerprint density at radius 3 is 2.29 bits per heavy atom. The van der Waals surface area contributed by atoms with E-state index in [2.05, 4.69) is 5.32 Å². The van der Waals surface area contributed by atoms with Gasteiger partial charge in [0.15, 0.2) is 0 Å². The van der Waals surface area contributed by atoms with Crippen molar-refractivity contribution in [2.45, 2.75) is 12.8 Å². The van der Waals surface area contributed by atoms with Gasteiger partial charge in [0.1, 0.15) is 0 Å². The van der Waals surface area contributed by atoms with E-state index in [9.17, 15) is 14.4 Å². The molecule has 78 valence electrons. The molecule has 1 fully saturated rings. The Balaban J connectivity index is 2.40. The lowest BCUT2D eigenvalue weighted by molar-refractivity contribution is -0.141. The molecule has 0 unspecified atom stereocenters. The van der Waals surface area contributed by atoms with Crippen LogP contribution in [0.2, 0.25) is 0 Å². The maximum atomic E-state index is 11.3. The minimum Gasteiger partial charge on any atom is -0.361 e. The SMILES string of the molecule is NC(=O)C(=O)NC(=O)C1CCNCC1. The highest BCUT2D eigenvalue weighted by Gasteiger charge is 2.23. The molecule has 0 aromatic heterocycles. The summed E-state index contributed by atoms with van der Waals surface area (Å²) in [6.45, 7) is 1.51. The van der Waals surface area contributed by atoms with E-state index in [1.54, 1.807) is 0 Å². The third kappa shape index (κ3) is 2.81. The van der Waals surface area contributed by atoms with Gasteiger partial charge in [-0.25, -0.2) is 0 Å². The van der Waals surface area contributed by atoms with Crippen molar-refractivity contribution in [2.75, 3.05) is 13.1 Å². The van der Waals surface area contributed by atoms with E-state index in [-0.39, 0.29) is 5.92 Å². The fourth-order valence-corrected chi connectivity index (χ4v) is 1.36. The van der Waals surface area contributed by atoms with Gasteiger partial charge >= 0.3 is 11.8 Å². The first-order valence-corrected chi connectivity index (χ1v) is 4.46. The van der Waals surface area contributed by atoms with Gasteiger partial charge in [0.25, 0.3) is 0 Å². The van der Waals surface area contributed by atoms with Crippen LogP contribution >= 0.6 is 0 Å². The van der Waals surface area contributed by atoms with E-state index in [0.717, 1.165) is 13.1 Å². The van der Waals surface area contributed by atoms with Gasteiger partial charge in [-0.3, -0.25) is 19.7 Å². The molecular formula is C8H13N3O3. The van der Waals surface area contributed by atoms with Crippen molar-refractivity contribution in [1.29, 1.82) is 0 Å². The van der Waals surface area contributed by atoms with Crippen molar-refractivity contribution in [1.82, 2.24) is 10.6 Å². The highest BCUT2D eigenvalue weighted by atomic mass is 16.2. The molecule has 4 N–H and O–H groups in total. The Morgan fingerprint density at radius 1 is 1.21 bits per heavy atom. The third-order valence-corrected chi connectivity index (χ3v) is 2.17. The summed E-state index contributed by atoms with van der Waals surface area (Å²) in [6.07, 6.45) is 1.36. The van der Waals surface area contributed by atoms with Crippen molar-refractivity contribution >= 4 is 17.7 Å². The Morgan fingerprint density at radius 2 is 1.79 bits per heavy atom. The maximum absolute atomic E-state index is 11.3. The number of imide groups is 1. The van der Waals surface area contributed by atoms with Crippen molar-refractivity contribution in [3.05, 3.63) is 0 Å². The fourth-order valence-electron chi connectivity index (χ4n) is 1.36. The molecule has 6 nitrogen and oxygen atoms in total. The minimum absolute atomic E-state index is 0.195. The number of hydrogen-bond donors (Lipinski definition) is 3. The van der Waals surface area contributed by atoms with Gasteiger partial charge in [0.05, 0.1) is 0 Å². The average molecular weight is 199 g/mol. The van der Waals surface area contributed by atoms with E-state index in [1.165, 1.54) is 0 Å². The molecule has 0 aromatic carbocycles. The highest BCUT2D eigenvalue weighted by Crippen LogP contribution is 2.10. The van der Waals surface area contributed by atoms with E-state index in [1.807, 2.05) is 5.32 Å². The lowest BCUT2D eigenvalue weighted by Gasteiger charge is -2.20. The molecule has 0 aromatic rings. The van der Waals surface area contributed by atoms with E-state index in [4.69, 9.17) is 5.73 Å².